The van der Waals surface area contributed by atoms with Crippen molar-refractivity contribution in [3.63, 3.8) is 0 Å². The van der Waals surface area contributed by atoms with E-state index < -0.39 is 12.6 Å². The van der Waals surface area contributed by atoms with Gasteiger partial charge in [0.2, 0.25) is 0 Å². The maximum atomic E-state index is 6.01. The first-order chi connectivity index (χ1) is 18.1. The number of benzene rings is 2. The molecule has 0 fully saturated rings. The van der Waals surface area contributed by atoms with E-state index in [2.05, 4.69) is 28.2 Å². The molecule has 0 aliphatic carbocycles. The highest BCUT2D eigenvalue weighted by atomic mass is 35.5. The molecule has 4 rings (SSSR count). The van der Waals surface area contributed by atoms with Crippen LogP contribution in [0.2, 0.25) is 0 Å². The Morgan fingerprint density at radius 1 is 0.625 bits per heavy atom. The molecule has 0 bridgehead atoms. The normalized spacial score (nSPS) is 18.0. The zero-order valence-corrected chi connectivity index (χ0v) is 24.9. The number of hydrogen-bond donors (Lipinski definition) is 2. The number of halogens is 2. The third kappa shape index (κ3) is 9.19. The van der Waals surface area contributed by atoms with E-state index in [1.54, 1.807) is 0 Å². The molecule has 12 heteroatoms. The number of nitrogens with zero attached hydrogens (tertiary/aromatic N) is 2. The van der Waals surface area contributed by atoms with Gasteiger partial charge in [-0.3, -0.25) is 0 Å². The lowest BCUT2D eigenvalue weighted by Gasteiger charge is -2.35. The summed E-state index contributed by atoms with van der Waals surface area (Å²) in [7, 11) is 8.77. The molecule has 0 radical (unpaired) electrons. The molecule has 0 aromatic heterocycles. The van der Waals surface area contributed by atoms with Crippen molar-refractivity contribution in [1.29, 1.82) is 0 Å². The zero-order valence-electron chi connectivity index (χ0n) is 23.4. The lowest BCUT2D eigenvalue weighted by Crippen LogP contribution is -3.00. The van der Waals surface area contributed by atoms with Gasteiger partial charge in [0.25, 0.3) is 12.6 Å². The van der Waals surface area contributed by atoms with Gasteiger partial charge in [0.05, 0.1) is 39.3 Å². The SMILES string of the molecule is C[N+](C)(CCOC1=COC(c2ccccc2N)O1)CC[N+](C)(C)CCOC1=COC(c2ccccc2N)O1.[Cl-].[Cl-]. The third-order valence-corrected chi connectivity index (χ3v) is 6.71. The van der Waals surface area contributed by atoms with Crippen molar-refractivity contribution in [2.45, 2.75) is 12.6 Å². The summed E-state index contributed by atoms with van der Waals surface area (Å²) in [4.78, 5) is 0. The Morgan fingerprint density at radius 3 is 1.38 bits per heavy atom. The van der Waals surface area contributed by atoms with E-state index in [1.807, 2.05) is 48.5 Å². The van der Waals surface area contributed by atoms with Crippen LogP contribution in [0.15, 0.2) is 72.9 Å². The van der Waals surface area contributed by atoms with Gasteiger partial charge in [0.1, 0.15) is 39.4 Å². The highest BCUT2D eigenvalue weighted by molar-refractivity contribution is 5.48. The van der Waals surface area contributed by atoms with E-state index in [1.165, 1.54) is 12.5 Å². The van der Waals surface area contributed by atoms with Gasteiger partial charge in [-0.15, -0.1) is 0 Å². The molecule has 2 heterocycles. The fraction of sp³-hybridized carbons (Fsp3) is 0.429. The Bertz CT molecular complexity index is 1070. The van der Waals surface area contributed by atoms with Gasteiger partial charge in [-0.05, 0) is 24.3 Å². The van der Waals surface area contributed by atoms with Crippen LogP contribution in [0, 0.1) is 0 Å². The Labute approximate surface area is 249 Å². The highest BCUT2D eigenvalue weighted by Gasteiger charge is 2.28. The Morgan fingerprint density at radius 2 is 1.00 bits per heavy atom. The van der Waals surface area contributed by atoms with Crippen molar-refractivity contribution in [2.75, 3.05) is 79.1 Å². The number of anilines is 2. The molecule has 10 nitrogen and oxygen atoms in total. The molecule has 4 N–H and O–H groups in total. The first kappa shape index (κ1) is 33.0. The van der Waals surface area contributed by atoms with Crippen molar-refractivity contribution in [3.05, 3.63) is 84.1 Å². The highest BCUT2D eigenvalue weighted by Crippen LogP contribution is 2.33. The van der Waals surface area contributed by atoms with Crippen LogP contribution in [-0.2, 0) is 28.4 Å². The Hall–Kier alpha value is -3.18. The molecule has 2 aromatic rings. The lowest BCUT2D eigenvalue weighted by atomic mass is 10.2. The van der Waals surface area contributed by atoms with Crippen LogP contribution in [0.5, 0.6) is 0 Å². The van der Waals surface area contributed by atoms with E-state index in [0.29, 0.717) is 36.5 Å². The molecule has 2 aliphatic rings. The summed E-state index contributed by atoms with van der Waals surface area (Å²) in [5, 5.41) is 0. The number of nitrogen functional groups attached to an aromatic ring is 2. The van der Waals surface area contributed by atoms with Gasteiger partial charge >= 0.3 is 11.9 Å². The summed E-state index contributed by atoms with van der Waals surface area (Å²) in [6.45, 7) is 4.58. The van der Waals surface area contributed by atoms with Crippen LogP contribution < -0.4 is 36.3 Å². The lowest BCUT2D eigenvalue weighted by molar-refractivity contribution is -0.946. The van der Waals surface area contributed by atoms with E-state index in [-0.39, 0.29) is 24.8 Å². The molecule has 40 heavy (non-hydrogen) atoms. The molecule has 2 aliphatic heterocycles. The summed E-state index contributed by atoms with van der Waals surface area (Å²) in [5.74, 6) is 0.743. The summed E-state index contributed by atoms with van der Waals surface area (Å²) in [5.41, 5.74) is 14.8. The second-order valence-corrected chi connectivity index (χ2v) is 10.8. The zero-order chi connectivity index (χ0) is 27.2. The van der Waals surface area contributed by atoms with Crippen LogP contribution in [0.25, 0.3) is 0 Å². The van der Waals surface area contributed by atoms with E-state index in [0.717, 1.165) is 46.3 Å². The smallest absolute Gasteiger partial charge is 0.319 e. The first-order valence-corrected chi connectivity index (χ1v) is 12.7. The minimum atomic E-state index is -0.576. The van der Waals surface area contributed by atoms with Gasteiger partial charge in [0.15, 0.2) is 12.5 Å². The minimum absolute atomic E-state index is 0. The number of ether oxygens (including phenoxy) is 6. The largest absolute Gasteiger partial charge is 1.00 e. The van der Waals surface area contributed by atoms with Crippen LogP contribution >= 0.6 is 0 Å². The maximum absolute atomic E-state index is 6.01. The molecule has 0 amide bonds. The predicted octanol–water partition coefficient (Wildman–Crippen LogP) is -2.57. The third-order valence-electron chi connectivity index (χ3n) is 6.71. The number of hydrogen-bond acceptors (Lipinski definition) is 8. The molecule has 222 valence electrons. The summed E-state index contributed by atoms with van der Waals surface area (Å²) >= 11 is 0. The average molecular weight is 600 g/mol. The molecule has 2 aromatic carbocycles. The topological polar surface area (TPSA) is 107 Å². The van der Waals surface area contributed by atoms with Gasteiger partial charge in [0, 0.05) is 11.4 Å². The molecule has 0 saturated carbocycles. The van der Waals surface area contributed by atoms with Crippen molar-refractivity contribution in [3.8, 4) is 0 Å². The maximum Gasteiger partial charge on any atom is 0.319 e. The predicted molar refractivity (Wildman–Crippen MR) is 143 cm³/mol. The van der Waals surface area contributed by atoms with E-state index in [4.69, 9.17) is 39.9 Å². The van der Waals surface area contributed by atoms with Crippen LogP contribution in [0.3, 0.4) is 0 Å². The van der Waals surface area contributed by atoms with Gasteiger partial charge in [-0.2, -0.15) is 0 Å². The number of nitrogens with two attached hydrogens (primary N) is 2. The van der Waals surface area contributed by atoms with E-state index >= 15 is 0 Å². The van der Waals surface area contributed by atoms with Gasteiger partial charge in [-0.25, -0.2) is 0 Å². The van der Waals surface area contributed by atoms with Crippen LogP contribution in [0.4, 0.5) is 11.4 Å². The number of para-hydroxylation sites is 2. The fourth-order valence-electron chi connectivity index (χ4n) is 3.97. The van der Waals surface area contributed by atoms with Crippen LogP contribution in [-0.4, -0.2) is 76.5 Å². The Kier molecular flexibility index (Phi) is 11.9. The standard InChI is InChI=1S/C28H40N4O6.2ClH/c1-31(2,15-17-33-25-19-35-27(37-25)21-9-5-7-11-23(21)29)13-14-32(3,4)16-18-34-26-20-36-28(38-26)22-10-6-8-12-24(22)30;;/h5-12,19-20,27-28H,13-18,29-30H2,1-4H3;2*1H/q+2;;/p-2. The minimum Gasteiger partial charge on any atom is -1.00 e. The average Bonchev–Trinajstić information content (AvgIpc) is 3.54. The summed E-state index contributed by atoms with van der Waals surface area (Å²) in [6.07, 6.45) is 1.85. The monoisotopic (exact) mass is 598 g/mol. The molecule has 2 unspecified atom stereocenters. The number of likely N-dealkylation sites (N-methyl/N-ethyl adjacent to an activating group) is 2. The van der Waals surface area contributed by atoms with Crippen molar-refractivity contribution < 1.29 is 62.2 Å². The first-order valence-electron chi connectivity index (χ1n) is 12.7. The molecular formula is C28H40Cl2N4O6. The van der Waals surface area contributed by atoms with Gasteiger partial charge in [-0.1, -0.05) is 24.3 Å². The summed E-state index contributed by atoms with van der Waals surface area (Å²) in [6, 6.07) is 14.9. The van der Waals surface area contributed by atoms with E-state index in [9.17, 15) is 0 Å². The quantitative estimate of drug-likeness (QED) is 0.191. The fourth-order valence-corrected chi connectivity index (χ4v) is 3.97. The number of rotatable bonds is 13. The number of quaternary nitrogens is 2. The Balaban J connectivity index is 0.00000280. The molecule has 0 spiro atoms. The summed E-state index contributed by atoms with van der Waals surface area (Å²) < 4.78 is 35.9. The van der Waals surface area contributed by atoms with Crippen molar-refractivity contribution in [1.82, 2.24) is 0 Å². The van der Waals surface area contributed by atoms with Gasteiger partial charge < -0.3 is 73.7 Å². The molecular weight excluding hydrogens is 559 g/mol. The van der Waals surface area contributed by atoms with Crippen molar-refractivity contribution >= 4 is 11.4 Å². The second kappa shape index (κ2) is 14.5. The molecule has 2 atom stereocenters. The van der Waals surface area contributed by atoms with Crippen molar-refractivity contribution in [2.24, 2.45) is 0 Å². The van der Waals surface area contributed by atoms with Crippen LogP contribution in [0.1, 0.15) is 23.7 Å². The second-order valence-electron chi connectivity index (χ2n) is 10.8. The molecule has 0 saturated heterocycles.